The molecule has 0 aromatic heterocycles. The molecule has 0 saturated carbocycles. The zero-order valence-corrected chi connectivity index (χ0v) is 8.85. The van der Waals surface area contributed by atoms with E-state index < -0.39 is 10.0 Å². The van der Waals surface area contributed by atoms with Crippen LogP contribution in [0.15, 0.2) is 24.3 Å². The minimum absolute atomic E-state index is 0.455. The number of hydrogen-bond donors (Lipinski definition) is 2. The van der Waals surface area contributed by atoms with Crippen molar-refractivity contribution >= 4 is 21.4 Å². The Labute approximate surface area is 83.5 Å². The summed E-state index contributed by atoms with van der Waals surface area (Å²) in [6, 6.07) is 6.68. The normalized spacial score (nSPS) is 11.0. The third-order valence-corrected chi connectivity index (χ3v) is 2.23. The zero-order chi connectivity index (χ0) is 10.8. The van der Waals surface area contributed by atoms with E-state index in [0.29, 0.717) is 11.4 Å². The van der Waals surface area contributed by atoms with Crippen molar-refractivity contribution in [1.29, 1.82) is 5.41 Å². The molecule has 1 rings (SSSR count). The maximum absolute atomic E-state index is 10.9. The first-order valence-electron chi connectivity index (χ1n) is 4.02. The van der Waals surface area contributed by atoms with Gasteiger partial charge in [-0.05, 0) is 24.6 Å². The molecule has 0 saturated heterocycles. The summed E-state index contributed by atoms with van der Waals surface area (Å²) in [5, 5.41) is 7.35. The topological polar surface area (TPSA) is 70.0 Å². The lowest BCUT2D eigenvalue weighted by molar-refractivity contribution is 0.607. The Hall–Kier alpha value is -1.36. The molecule has 0 bridgehead atoms. The van der Waals surface area contributed by atoms with Crippen LogP contribution in [0, 0.1) is 5.41 Å². The Morgan fingerprint density at radius 1 is 1.29 bits per heavy atom. The molecule has 1 aromatic carbocycles. The third kappa shape index (κ3) is 3.18. The molecular weight excluding hydrogens is 200 g/mol. The van der Waals surface area contributed by atoms with E-state index in [2.05, 4.69) is 4.72 Å². The molecule has 2 N–H and O–H groups in total. The van der Waals surface area contributed by atoms with E-state index in [0.717, 1.165) is 11.8 Å². The van der Waals surface area contributed by atoms with Gasteiger partial charge in [-0.15, -0.1) is 0 Å². The van der Waals surface area contributed by atoms with Crippen LogP contribution >= 0.6 is 0 Å². The van der Waals surface area contributed by atoms with Crippen LogP contribution < -0.4 is 4.72 Å². The van der Waals surface area contributed by atoms with E-state index >= 15 is 0 Å². The van der Waals surface area contributed by atoms with Gasteiger partial charge in [-0.1, -0.05) is 12.1 Å². The van der Waals surface area contributed by atoms with Gasteiger partial charge >= 0.3 is 0 Å². The van der Waals surface area contributed by atoms with Crippen LogP contribution in [0.4, 0.5) is 5.69 Å². The van der Waals surface area contributed by atoms with Crippen LogP contribution in [0.1, 0.15) is 12.5 Å². The first kappa shape index (κ1) is 10.7. The fourth-order valence-electron chi connectivity index (χ4n) is 1.00. The van der Waals surface area contributed by atoms with E-state index in [9.17, 15) is 8.42 Å². The second kappa shape index (κ2) is 3.79. The highest BCUT2D eigenvalue weighted by Crippen LogP contribution is 2.10. The van der Waals surface area contributed by atoms with Crippen LogP contribution in [0.3, 0.4) is 0 Å². The summed E-state index contributed by atoms with van der Waals surface area (Å²) in [5.41, 5.74) is 1.75. The first-order valence-corrected chi connectivity index (χ1v) is 5.91. The summed E-state index contributed by atoms with van der Waals surface area (Å²) in [6.45, 7) is 1.68. The van der Waals surface area contributed by atoms with Gasteiger partial charge in [-0.2, -0.15) is 0 Å². The predicted molar refractivity (Wildman–Crippen MR) is 57.4 cm³/mol. The number of sulfonamides is 1. The standard InChI is InChI=1S/C9H12N2O2S/c1-7(10)8-3-5-9(6-4-8)11-14(2,12)13/h3-6,10-11H,1-2H3. The summed E-state index contributed by atoms with van der Waals surface area (Å²) >= 11 is 0. The van der Waals surface area contributed by atoms with E-state index in [1.54, 1.807) is 31.2 Å². The molecule has 0 radical (unpaired) electrons. The molecule has 0 aliphatic carbocycles. The highest BCUT2D eigenvalue weighted by atomic mass is 32.2. The molecule has 0 spiro atoms. The predicted octanol–water partition coefficient (Wildman–Crippen LogP) is 1.45. The van der Waals surface area contributed by atoms with Gasteiger partial charge in [0.05, 0.1) is 6.26 Å². The summed E-state index contributed by atoms with van der Waals surface area (Å²) in [5.74, 6) is 0. The van der Waals surface area contributed by atoms with Crippen molar-refractivity contribution in [2.45, 2.75) is 6.92 Å². The maximum Gasteiger partial charge on any atom is 0.229 e. The molecular formula is C9H12N2O2S. The summed E-state index contributed by atoms with van der Waals surface area (Å²) in [6.07, 6.45) is 1.10. The molecule has 0 unspecified atom stereocenters. The Kier molecular flexibility index (Phi) is 2.90. The molecule has 4 nitrogen and oxygen atoms in total. The molecule has 1 aromatic rings. The second-order valence-corrected chi connectivity index (χ2v) is 4.83. The molecule has 14 heavy (non-hydrogen) atoms. The Morgan fingerprint density at radius 2 is 1.79 bits per heavy atom. The number of benzene rings is 1. The van der Waals surface area contributed by atoms with Crippen LogP contribution in [0.5, 0.6) is 0 Å². The Morgan fingerprint density at radius 3 is 2.14 bits per heavy atom. The largest absolute Gasteiger partial charge is 0.305 e. The van der Waals surface area contributed by atoms with E-state index in [4.69, 9.17) is 5.41 Å². The van der Waals surface area contributed by atoms with Gasteiger partial charge in [0.15, 0.2) is 0 Å². The SMILES string of the molecule is CC(=N)c1ccc(NS(C)(=O)=O)cc1. The lowest BCUT2D eigenvalue weighted by Crippen LogP contribution is -2.09. The highest BCUT2D eigenvalue weighted by Gasteiger charge is 2.01. The highest BCUT2D eigenvalue weighted by molar-refractivity contribution is 7.92. The summed E-state index contributed by atoms with van der Waals surface area (Å²) in [7, 11) is -3.21. The van der Waals surface area contributed by atoms with E-state index in [1.807, 2.05) is 0 Å². The average molecular weight is 212 g/mol. The van der Waals surface area contributed by atoms with Crippen molar-refractivity contribution in [2.24, 2.45) is 0 Å². The molecule has 5 heteroatoms. The van der Waals surface area contributed by atoms with Crippen LogP contribution in [-0.2, 0) is 10.0 Å². The third-order valence-electron chi connectivity index (χ3n) is 1.62. The molecule has 0 atom stereocenters. The summed E-state index contributed by atoms with van der Waals surface area (Å²) < 4.78 is 24.1. The molecule has 0 fully saturated rings. The lowest BCUT2D eigenvalue weighted by Gasteiger charge is -2.04. The molecule has 76 valence electrons. The fraction of sp³-hybridized carbons (Fsp3) is 0.222. The van der Waals surface area contributed by atoms with Gasteiger partial charge in [-0.25, -0.2) is 8.42 Å². The first-order chi connectivity index (χ1) is 6.38. The van der Waals surface area contributed by atoms with Gasteiger partial charge in [-0.3, -0.25) is 4.72 Å². The minimum atomic E-state index is -3.21. The Balaban J connectivity index is 2.90. The monoisotopic (exact) mass is 212 g/mol. The molecule has 0 aliphatic rings. The smallest absolute Gasteiger partial charge is 0.229 e. The zero-order valence-electron chi connectivity index (χ0n) is 8.03. The maximum atomic E-state index is 10.9. The van der Waals surface area contributed by atoms with E-state index in [-0.39, 0.29) is 0 Å². The molecule has 0 heterocycles. The second-order valence-electron chi connectivity index (χ2n) is 3.08. The van der Waals surface area contributed by atoms with Crippen molar-refractivity contribution in [3.8, 4) is 0 Å². The number of hydrogen-bond acceptors (Lipinski definition) is 3. The van der Waals surface area contributed by atoms with Gasteiger partial charge < -0.3 is 5.41 Å². The van der Waals surface area contributed by atoms with Gasteiger partial charge in [0, 0.05) is 11.4 Å². The summed E-state index contributed by atoms with van der Waals surface area (Å²) in [4.78, 5) is 0. The number of rotatable bonds is 3. The van der Waals surface area contributed by atoms with Crippen molar-refractivity contribution in [3.05, 3.63) is 29.8 Å². The average Bonchev–Trinajstić information content (AvgIpc) is 2.02. The van der Waals surface area contributed by atoms with Gasteiger partial charge in [0.25, 0.3) is 0 Å². The molecule has 0 amide bonds. The van der Waals surface area contributed by atoms with Crippen LogP contribution in [0.2, 0.25) is 0 Å². The van der Waals surface area contributed by atoms with Crippen LogP contribution in [-0.4, -0.2) is 20.4 Å². The number of anilines is 1. The van der Waals surface area contributed by atoms with Gasteiger partial charge in [0.1, 0.15) is 0 Å². The fourth-order valence-corrected chi connectivity index (χ4v) is 1.57. The molecule has 0 aliphatic heterocycles. The van der Waals surface area contributed by atoms with Gasteiger partial charge in [0.2, 0.25) is 10.0 Å². The van der Waals surface area contributed by atoms with Crippen LogP contribution in [0.25, 0.3) is 0 Å². The minimum Gasteiger partial charge on any atom is -0.305 e. The lowest BCUT2D eigenvalue weighted by atomic mass is 10.1. The van der Waals surface area contributed by atoms with Crippen molar-refractivity contribution in [3.63, 3.8) is 0 Å². The number of nitrogens with one attached hydrogen (secondary N) is 2. The van der Waals surface area contributed by atoms with Crippen molar-refractivity contribution in [2.75, 3.05) is 11.0 Å². The Bertz CT molecular complexity index is 434. The van der Waals surface area contributed by atoms with Crippen molar-refractivity contribution in [1.82, 2.24) is 0 Å². The van der Waals surface area contributed by atoms with Crippen molar-refractivity contribution < 1.29 is 8.42 Å². The van der Waals surface area contributed by atoms with E-state index in [1.165, 1.54) is 0 Å². The quantitative estimate of drug-likeness (QED) is 0.744.